The Kier molecular flexibility index (Phi) is 6.04. The maximum atomic E-state index is 12.2. The standard InChI is InChI=1S/C13H17Cl2NO4S/c1-7(2)8(3)6-16-21(19,20)12-4-9(13(17)18)10(14)5-11(12)15/h4-5,7-8,16H,6H2,1-3H3,(H,17,18). The predicted octanol–water partition coefficient (Wildman–Crippen LogP) is 3.26. The van der Waals surface area contributed by atoms with Gasteiger partial charge in [-0.05, 0) is 24.0 Å². The summed E-state index contributed by atoms with van der Waals surface area (Å²) < 4.78 is 26.9. The van der Waals surface area contributed by atoms with Crippen LogP contribution in [-0.2, 0) is 10.0 Å². The van der Waals surface area contributed by atoms with Gasteiger partial charge in [-0.2, -0.15) is 0 Å². The Labute approximate surface area is 134 Å². The number of sulfonamides is 1. The number of benzene rings is 1. The van der Waals surface area contributed by atoms with Crippen molar-refractivity contribution in [1.82, 2.24) is 4.72 Å². The summed E-state index contributed by atoms with van der Waals surface area (Å²) >= 11 is 11.6. The largest absolute Gasteiger partial charge is 0.478 e. The number of rotatable bonds is 6. The maximum Gasteiger partial charge on any atom is 0.337 e. The van der Waals surface area contributed by atoms with E-state index in [9.17, 15) is 13.2 Å². The molecule has 0 amide bonds. The van der Waals surface area contributed by atoms with Gasteiger partial charge in [-0.1, -0.05) is 44.0 Å². The van der Waals surface area contributed by atoms with Gasteiger partial charge in [-0.3, -0.25) is 0 Å². The highest BCUT2D eigenvalue weighted by Crippen LogP contribution is 2.28. The molecule has 1 aromatic rings. The van der Waals surface area contributed by atoms with Gasteiger partial charge in [0.05, 0.1) is 15.6 Å². The third kappa shape index (κ3) is 4.57. The molecule has 0 fully saturated rings. The fourth-order valence-electron chi connectivity index (χ4n) is 1.45. The average molecular weight is 354 g/mol. The van der Waals surface area contributed by atoms with E-state index in [2.05, 4.69) is 4.72 Å². The summed E-state index contributed by atoms with van der Waals surface area (Å²) in [5.41, 5.74) is -0.307. The number of nitrogens with one attached hydrogen (secondary N) is 1. The minimum absolute atomic E-state index is 0.109. The van der Waals surface area contributed by atoms with Crippen LogP contribution in [0.4, 0.5) is 0 Å². The summed E-state index contributed by atoms with van der Waals surface area (Å²) in [5.74, 6) is -0.878. The van der Waals surface area contributed by atoms with Gasteiger partial charge in [0.15, 0.2) is 0 Å². The lowest BCUT2D eigenvalue weighted by Gasteiger charge is -2.17. The molecule has 0 aliphatic heterocycles. The van der Waals surface area contributed by atoms with Crippen LogP contribution in [0.1, 0.15) is 31.1 Å². The quantitative estimate of drug-likeness (QED) is 0.821. The van der Waals surface area contributed by atoms with E-state index < -0.39 is 16.0 Å². The van der Waals surface area contributed by atoms with Crippen molar-refractivity contribution in [3.05, 3.63) is 27.7 Å². The molecule has 8 heteroatoms. The number of aromatic carboxylic acids is 1. The molecule has 0 aromatic heterocycles. The Morgan fingerprint density at radius 3 is 2.29 bits per heavy atom. The summed E-state index contributed by atoms with van der Waals surface area (Å²) in [6, 6.07) is 2.09. The Bertz CT molecular complexity index is 644. The van der Waals surface area contributed by atoms with Crippen LogP contribution in [0.5, 0.6) is 0 Å². The van der Waals surface area contributed by atoms with Crippen LogP contribution >= 0.6 is 23.2 Å². The molecule has 5 nitrogen and oxygen atoms in total. The van der Waals surface area contributed by atoms with Crippen LogP contribution in [0.3, 0.4) is 0 Å². The van der Waals surface area contributed by atoms with Gasteiger partial charge in [0.25, 0.3) is 0 Å². The van der Waals surface area contributed by atoms with E-state index in [0.29, 0.717) is 5.92 Å². The minimum atomic E-state index is -3.90. The first-order valence-corrected chi connectivity index (χ1v) is 8.52. The monoisotopic (exact) mass is 353 g/mol. The van der Waals surface area contributed by atoms with Crippen molar-refractivity contribution in [2.24, 2.45) is 11.8 Å². The zero-order valence-corrected chi connectivity index (χ0v) is 14.2. The molecule has 2 N–H and O–H groups in total. The third-order valence-corrected chi connectivity index (χ3v) is 5.48. The summed E-state index contributed by atoms with van der Waals surface area (Å²) in [4.78, 5) is 10.7. The zero-order valence-electron chi connectivity index (χ0n) is 11.9. The Balaban J connectivity index is 3.14. The van der Waals surface area contributed by atoms with Crippen LogP contribution in [0.15, 0.2) is 17.0 Å². The van der Waals surface area contributed by atoms with Crippen molar-refractivity contribution in [3.63, 3.8) is 0 Å². The topological polar surface area (TPSA) is 83.5 Å². The smallest absolute Gasteiger partial charge is 0.337 e. The summed E-state index contributed by atoms with van der Waals surface area (Å²) in [5, 5.41) is 8.77. The van der Waals surface area contributed by atoms with Crippen LogP contribution < -0.4 is 4.72 Å². The Hall–Kier alpha value is -0.820. The van der Waals surface area contributed by atoms with Crippen LogP contribution in [0, 0.1) is 11.8 Å². The first-order chi connectivity index (χ1) is 9.56. The highest BCUT2D eigenvalue weighted by molar-refractivity contribution is 7.89. The fourth-order valence-corrected chi connectivity index (χ4v) is 3.45. The van der Waals surface area contributed by atoms with Crippen LogP contribution in [-0.4, -0.2) is 26.0 Å². The highest BCUT2D eigenvalue weighted by Gasteiger charge is 2.23. The number of carboxylic acids is 1. The van der Waals surface area contributed by atoms with Crippen molar-refractivity contribution < 1.29 is 18.3 Å². The van der Waals surface area contributed by atoms with Gasteiger partial charge in [0.2, 0.25) is 10.0 Å². The molecule has 0 bridgehead atoms. The fraction of sp³-hybridized carbons (Fsp3) is 0.462. The van der Waals surface area contributed by atoms with E-state index in [1.54, 1.807) is 0 Å². The molecule has 0 aliphatic rings. The van der Waals surface area contributed by atoms with E-state index in [-0.39, 0.29) is 33.0 Å². The second-order valence-corrected chi connectivity index (χ2v) is 7.69. The lowest BCUT2D eigenvalue weighted by atomic mass is 9.99. The molecule has 0 spiro atoms. The van der Waals surface area contributed by atoms with Crippen molar-refractivity contribution in [2.45, 2.75) is 25.7 Å². The number of carboxylic acid groups (broad SMARTS) is 1. The molecular formula is C13H17Cl2NO4S. The van der Waals surface area contributed by atoms with E-state index >= 15 is 0 Å². The van der Waals surface area contributed by atoms with Crippen molar-refractivity contribution in [3.8, 4) is 0 Å². The SMILES string of the molecule is CC(C)C(C)CNS(=O)(=O)c1cc(C(=O)O)c(Cl)cc1Cl. The maximum absolute atomic E-state index is 12.2. The molecule has 0 aliphatic carbocycles. The van der Waals surface area contributed by atoms with E-state index in [0.717, 1.165) is 12.1 Å². The molecule has 0 saturated heterocycles. The molecule has 0 heterocycles. The number of halogens is 2. The van der Waals surface area contributed by atoms with Gasteiger partial charge in [0, 0.05) is 6.54 Å². The van der Waals surface area contributed by atoms with Gasteiger partial charge in [-0.15, -0.1) is 0 Å². The first-order valence-electron chi connectivity index (χ1n) is 6.28. The minimum Gasteiger partial charge on any atom is -0.478 e. The van der Waals surface area contributed by atoms with Crippen molar-refractivity contribution in [1.29, 1.82) is 0 Å². The highest BCUT2D eigenvalue weighted by atomic mass is 35.5. The Morgan fingerprint density at radius 1 is 1.24 bits per heavy atom. The zero-order chi connectivity index (χ0) is 16.4. The van der Waals surface area contributed by atoms with Gasteiger partial charge in [0.1, 0.15) is 4.90 Å². The number of hydrogen-bond donors (Lipinski definition) is 2. The molecule has 0 saturated carbocycles. The lowest BCUT2D eigenvalue weighted by Crippen LogP contribution is -2.30. The lowest BCUT2D eigenvalue weighted by molar-refractivity contribution is 0.0697. The first kappa shape index (κ1) is 18.2. The predicted molar refractivity (Wildman–Crippen MR) is 82.6 cm³/mol. The number of carbonyl (C=O) groups is 1. The second-order valence-electron chi connectivity index (χ2n) is 5.14. The molecule has 1 unspecified atom stereocenters. The summed E-state index contributed by atoms with van der Waals surface area (Å²) in [7, 11) is -3.90. The van der Waals surface area contributed by atoms with E-state index in [1.807, 2.05) is 20.8 Å². The summed E-state index contributed by atoms with van der Waals surface area (Å²) in [6.45, 7) is 6.12. The van der Waals surface area contributed by atoms with Crippen molar-refractivity contribution in [2.75, 3.05) is 6.54 Å². The van der Waals surface area contributed by atoms with E-state index in [1.165, 1.54) is 0 Å². The van der Waals surface area contributed by atoms with Gasteiger partial charge < -0.3 is 5.11 Å². The molecule has 118 valence electrons. The van der Waals surface area contributed by atoms with Crippen molar-refractivity contribution >= 4 is 39.2 Å². The number of hydrogen-bond acceptors (Lipinski definition) is 3. The molecule has 21 heavy (non-hydrogen) atoms. The average Bonchev–Trinajstić information content (AvgIpc) is 2.34. The second kappa shape index (κ2) is 6.96. The Morgan fingerprint density at radius 2 is 1.81 bits per heavy atom. The van der Waals surface area contributed by atoms with Crippen LogP contribution in [0.25, 0.3) is 0 Å². The molecule has 1 aromatic carbocycles. The summed E-state index contributed by atoms with van der Waals surface area (Å²) in [6.07, 6.45) is 0. The van der Waals surface area contributed by atoms with Crippen LogP contribution in [0.2, 0.25) is 10.0 Å². The van der Waals surface area contributed by atoms with Gasteiger partial charge in [-0.25, -0.2) is 17.9 Å². The van der Waals surface area contributed by atoms with E-state index in [4.69, 9.17) is 28.3 Å². The molecule has 1 rings (SSSR count). The molecule has 1 atom stereocenters. The van der Waals surface area contributed by atoms with Gasteiger partial charge >= 0.3 is 5.97 Å². The normalized spacial score (nSPS) is 13.4. The third-order valence-electron chi connectivity index (χ3n) is 3.27. The molecular weight excluding hydrogens is 337 g/mol. The molecule has 0 radical (unpaired) electrons.